The predicted octanol–water partition coefficient (Wildman–Crippen LogP) is 3.59. The van der Waals surface area contributed by atoms with E-state index in [9.17, 15) is 0 Å². The fourth-order valence-electron chi connectivity index (χ4n) is 5.20. The summed E-state index contributed by atoms with van der Waals surface area (Å²) in [6, 6.07) is 6.27. The molecule has 0 amide bonds. The first-order valence-electron chi connectivity index (χ1n) is 9.88. The summed E-state index contributed by atoms with van der Waals surface area (Å²) < 4.78 is 13.4. The Morgan fingerprint density at radius 3 is 2.81 bits per heavy atom. The molecule has 5 nitrogen and oxygen atoms in total. The van der Waals surface area contributed by atoms with Gasteiger partial charge in [-0.2, -0.15) is 0 Å². The summed E-state index contributed by atoms with van der Waals surface area (Å²) in [5.41, 5.74) is 1.66. The van der Waals surface area contributed by atoms with Gasteiger partial charge in [-0.1, -0.05) is 13.0 Å². The van der Waals surface area contributed by atoms with E-state index in [0.29, 0.717) is 18.2 Å². The van der Waals surface area contributed by atoms with Crippen LogP contribution in [0.1, 0.15) is 49.9 Å². The van der Waals surface area contributed by atoms with Crippen LogP contribution >= 0.6 is 0 Å². The molecule has 1 aromatic carbocycles. The molecule has 2 saturated heterocycles. The Kier molecular flexibility index (Phi) is 3.92. The highest BCUT2D eigenvalue weighted by Crippen LogP contribution is 2.40. The number of imidazole rings is 1. The van der Waals surface area contributed by atoms with Gasteiger partial charge in [0, 0.05) is 30.4 Å². The zero-order chi connectivity index (χ0) is 17.6. The van der Waals surface area contributed by atoms with E-state index < -0.39 is 0 Å². The molecule has 0 saturated carbocycles. The maximum Gasteiger partial charge on any atom is 0.231 e. The smallest absolute Gasteiger partial charge is 0.231 e. The van der Waals surface area contributed by atoms with Crippen molar-refractivity contribution >= 4 is 0 Å². The number of benzene rings is 1. The molecular weight excluding hydrogens is 326 g/mol. The fourth-order valence-corrected chi connectivity index (χ4v) is 5.20. The lowest BCUT2D eigenvalue weighted by molar-refractivity contribution is 0.167. The van der Waals surface area contributed by atoms with E-state index in [4.69, 9.17) is 14.5 Å². The van der Waals surface area contributed by atoms with E-state index in [1.807, 2.05) is 12.3 Å². The lowest BCUT2D eigenvalue weighted by atomic mass is 9.93. The fraction of sp³-hybridized carbons (Fsp3) is 0.571. The summed E-state index contributed by atoms with van der Waals surface area (Å²) in [4.78, 5) is 7.45. The Labute approximate surface area is 154 Å². The van der Waals surface area contributed by atoms with Crippen LogP contribution < -0.4 is 9.47 Å². The van der Waals surface area contributed by atoms with E-state index in [-0.39, 0.29) is 0 Å². The second kappa shape index (κ2) is 6.31. The molecule has 0 aliphatic carbocycles. The van der Waals surface area contributed by atoms with Crippen molar-refractivity contribution in [1.29, 1.82) is 0 Å². The van der Waals surface area contributed by atoms with Crippen molar-refractivity contribution in [3.05, 3.63) is 42.0 Å². The number of aromatic nitrogens is 2. The predicted molar refractivity (Wildman–Crippen MR) is 99.7 cm³/mol. The average Bonchev–Trinajstić information content (AvgIpc) is 3.38. The number of fused-ring (bicyclic) bond motifs is 2. The Hall–Kier alpha value is -2.01. The normalized spacial score (nSPS) is 21.9. The number of ether oxygens (including phenoxy) is 2. The van der Waals surface area contributed by atoms with Gasteiger partial charge in [0.25, 0.3) is 0 Å². The molecule has 2 aromatic rings. The van der Waals surface area contributed by atoms with Crippen LogP contribution in [-0.2, 0) is 13.0 Å². The Bertz CT molecular complexity index is 790. The number of nitrogens with zero attached hydrogens (tertiary/aromatic N) is 3. The summed E-state index contributed by atoms with van der Waals surface area (Å²) in [6.45, 7) is 6.25. The molecule has 1 aromatic heterocycles. The minimum absolute atomic E-state index is 0.331. The van der Waals surface area contributed by atoms with E-state index in [1.54, 1.807) is 0 Å². The number of hydrogen-bond acceptors (Lipinski definition) is 4. The van der Waals surface area contributed by atoms with E-state index in [2.05, 4.69) is 34.7 Å². The highest BCUT2D eigenvalue weighted by atomic mass is 16.7. The van der Waals surface area contributed by atoms with Crippen molar-refractivity contribution in [2.75, 3.05) is 19.9 Å². The largest absolute Gasteiger partial charge is 0.454 e. The summed E-state index contributed by atoms with van der Waals surface area (Å²) >= 11 is 0. The lowest BCUT2D eigenvalue weighted by Gasteiger charge is -2.33. The second-order valence-electron chi connectivity index (χ2n) is 8.12. The molecule has 5 heteroatoms. The van der Waals surface area contributed by atoms with Crippen LogP contribution in [0.25, 0.3) is 0 Å². The van der Waals surface area contributed by atoms with Crippen LogP contribution in [0, 0.1) is 0 Å². The Morgan fingerprint density at radius 1 is 1.15 bits per heavy atom. The second-order valence-corrected chi connectivity index (χ2v) is 8.12. The lowest BCUT2D eigenvalue weighted by Crippen LogP contribution is -2.42. The maximum atomic E-state index is 5.52. The van der Waals surface area contributed by atoms with E-state index in [1.165, 1.54) is 50.2 Å². The zero-order valence-electron chi connectivity index (χ0n) is 15.5. The minimum atomic E-state index is 0.331. The zero-order valence-corrected chi connectivity index (χ0v) is 15.5. The maximum absolute atomic E-state index is 5.52. The van der Waals surface area contributed by atoms with E-state index >= 15 is 0 Å². The Balaban J connectivity index is 1.34. The molecular formula is C21H27N3O2. The van der Waals surface area contributed by atoms with Crippen LogP contribution in [0.5, 0.6) is 11.5 Å². The monoisotopic (exact) mass is 353 g/mol. The van der Waals surface area contributed by atoms with Crippen molar-refractivity contribution < 1.29 is 9.47 Å². The molecule has 3 aliphatic rings. The highest BCUT2D eigenvalue weighted by molar-refractivity contribution is 5.44. The van der Waals surface area contributed by atoms with Crippen molar-refractivity contribution in [1.82, 2.24) is 14.5 Å². The quantitative estimate of drug-likeness (QED) is 0.824. The van der Waals surface area contributed by atoms with Crippen LogP contribution in [0.2, 0.25) is 0 Å². The molecule has 0 bridgehead atoms. The molecule has 0 unspecified atom stereocenters. The van der Waals surface area contributed by atoms with Crippen LogP contribution in [-0.4, -0.2) is 39.9 Å². The Morgan fingerprint density at radius 2 is 1.96 bits per heavy atom. The first kappa shape index (κ1) is 16.2. The van der Waals surface area contributed by atoms with Crippen LogP contribution in [0.4, 0.5) is 0 Å². The summed E-state index contributed by atoms with van der Waals surface area (Å²) in [5.74, 6) is 3.29. The van der Waals surface area contributed by atoms with Crippen LogP contribution in [0.15, 0.2) is 30.6 Å². The topological polar surface area (TPSA) is 39.5 Å². The van der Waals surface area contributed by atoms with Gasteiger partial charge in [0.15, 0.2) is 11.5 Å². The van der Waals surface area contributed by atoms with Gasteiger partial charge in [0.2, 0.25) is 6.79 Å². The standard InChI is InChI=1S/C21H27N3O2/c1-16(12-17-4-5-18-19(13-17)26-15-25-18)20-22-8-11-23(20)14-21-6-2-9-24(21)10-3-7-21/h4-5,8,11,13,16H,2-3,6-7,9-10,12,14-15H2,1H3/t16-/m0/s1. The van der Waals surface area contributed by atoms with Gasteiger partial charge in [-0.25, -0.2) is 4.98 Å². The van der Waals surface area contributed by atoms with Gasteiger partial charge >= 0.3 is 0 Å². The van der Waals surface area contributed by atoms with Gasteiger partial charge in [0.1, 0.15) is 5.82 Å². The molecule has 4 heterocycles. The SMILES string of the molecule is C[C@@H](Cc1ccc2c(c1)OCO2)c1nccn1CC12CCCN1CCC2. The van der Waals surface area contributed by atoms with Crippen molar-refractivity contribution in [3.8, 4) is 11.5 Å². The molecule has 2 fully saturated rings. The first-order valence-corrected chi connectivity index (χ1v) is 9.88. The summed E-state index contributed by atoms with van der Waals surface area (Å²) in [6.07, 6.45) is 10.5. The summed E-state index contributed by atoms with van der Waals surface area (Å²) in [5, 5.41) is 0. The molecule has 3 aliphatic heterocycles. The van der Waals surface area contributed by atoms with Crippen molar-refractivity contribution in [2.24, 2.45) is 0 Å². The van der Waals surface area contributed by atoms with Gasteiger partial charge in [-0.15, -0.1) is 0 Å². The highest BCUT2D eigenvalue weighted by Gasteiger charge is 2.44. The molecule has 26 heavy (non-hydrogen) atoms. The molecule has 0 N–H and O–H groups in total. The minimum Gasteiger partial charge on any atom is -0.454 e. The number of rotatable bonds is 5. The van der Waals surface area contributed by atoms with Crippen molar-refractivity contribution in [2.45, 2.75) is 57.0 Å². The van der Waals surface area contributed by atoms with Gasteiger partial charge in [-0.3, -0.25) is 4.90 Å². The van der Waals surface area contributed by atoms with E-state index in [0.717, 1.165) is 24.5 Å². The molecule has 5 rings (SSSR count). The number of hydrogen-bond donors (Lipinski definition) is 0. The molecule has 0 spiro atoms. The molecule has 138 valence electrons. The third kappa shape index (κ3) is 2.69. The molecule has 0 radical (unpaired) electrons. The third-order valence-electron chi connectivity index (χ3n) is 6.44. The first-order chi connectivity index (χ1) is 12.7. The van der Waals surface area contributed by atoms with Crippen molar-refractivity contribution in [3.63, 3.8) is 0 Å². The summed E-state index contributed by atoms with van der Waals surface area (Å²) in [7, 11) is 0. The van der Waals surface area contributed by atoms with Crippen LogP contribution in [0.3, 0.4) is 0 Å². The van der Waals surface area contributed by atoms with Gasteiger partial charge in [0.05, 0.1) is 0 Å². The average molecular weight is 353 g/mol. The third-order valence-corrected chi connectivity index (χ3v) is 6.44. The molecule has 1 atom stereocenters. The van der Waals surface area contributed by atoms with Gasteiger partial charge < -0.3 is 14.0 Å². The van der Waals surface area contributed by atoms with Gasteiger partial charge in [-0.05, 0) is 62.9 Å².